The van der Waals surface area contributed by atoms with Crippen LogP contribution in [0.1, 0.15) is 18.6 Å². The maximum absolute atomic E-state index is 9.91. The number of ether oxygens (including phenoxy) is 1. The van der Waals surface area contributed by atoms with Gasteiger partial charge in [0.2, 0.25) is 0 Å². The Balaban J connectivity index is 2.55. The smallest absolute Gasteiger partial charge is 0.186 e. The van der Waals surface area contributed by atoms with Gasteiger partial charge in [0.25, 0.3) is 0 Å². The first-order valence-corrected chi connectivity index (χ1v) is 5.21. The highest BCUT2D eigenvalue weighted by Crippen LogP contribution is 2.43. The molecule has 0 unspecified atom stereocenters. The molecule has 15 heavy (non-hydrogen) atoms. The van der Waals surface area contributed by atoms with Crippen molar-refractivity contribution in [1.29, 1.82) is 0 Å². The zero-order valence-corrected chi connectivity index (χ0v) is 9.69. The molecule has 3 heteroatoms. The highest BCUT2D eigenvalue weighted by Gasteiger charge is 2.34. The first-order valence-electron chi connectivity index (χ1n) is 5.21. The molecule has 1 aliphatic heterocycles. The molecule has 1 N–H and O–H groups in total. The highest BCUT2D eigenvalue weighted by molar-refractivity contribution is 5.61. The second kappa shape index (κ2) is 3.22. The van der Waals surface area contributed by atoms with Crippen molar-refractivity contribution in [3.63, 3.8) is 0 Å². The van der Waals surface area contributed by atoms with Crippen LogP contribution in [0.3, 0.4) is 0 Å². The van der Waals surface area contributed by atoms with E-state index in [1.165, 1.54) is 0 Å². The van der Waals surface area contributed by atoms with Crippen molar-refractivity contribution >= 4 is 5.69 Å². The molecule has 1 aromatic rings. The van der Waals surface area contributed by atoms with Crippen LogP contribution in [0.15, 0.2) is 18.2 Å². The largest absolute Gasteiger partial charge is 0.481 e. The van der Waals surface area contributed by atoms with Gasteiger partial charge in [-0.2, -0.15) is 0 Å². The molecule has 0 bridgehead atoms. The molecule has 0 spiro atoms. The van der Waals surface area contributed by atoms with Gasteiger partial charge in [0.15, 0.2) is 11.4 Å². The number of rotatable bonds is 1. The fraction of sp³-hybridized carbons (Fsp3) is 0.500. The first kappa shape index (κ1) is 10.5. The van der Waals surface area contributed by atoms with Crippen molar-refractivity contribution in [3.05, 3.63) is 23.8 Å². The van der Waals surface area contributed by atoms with E-state index in [2.05, 4.69) is 21.1 Å². The van der Waals surface area contributed by atoms with E-state index >= 15 is 0 Å². The predicted octanol–water partition coefficient (Wildman–Crippen LogP) is 1.70. The molecule has 0 amide bonds. The molecule has 2 rings (SSSR count). The standard InChI is InChI=1S/C12H18NO2/c1-8-11(14)9-6-5-7-10(12(9)15-8)13(2,3)4/h5-8,11,14H,1-4H3/q+1/t8-,11+/m1/s1. The third-order valence-corrected chi connectivity index (χ3v) is 2.81. The van der Waals surface area contributed by atoms with E-state index in [9.17, 15) is 5.11 Å². The number of hydrogen-bond donors (Lipinski definition) is 1. The van der Waals surface area contributed by atoms with Crippen molar-refractivity contribution in [1.82, 2.24) is 4.48 Å². The molecule has 0 fully saturated rings. The van der Waals surface area contributed by atoms with Crippen LogP contribution in [0.4, 0.5) is 5.69 Å². The quantitative estimate of drug-likeness (QED) is 0.712. The third kappa shape index (κ3) is 1.62. The van der Waals surface area contributed by atoms with Gasteiger partial charge in [-0.15, -0.1) is 0 Å². The molecule has 0 saturated heterocycles. The van der Waals surface area contributed by atoms with Crippen LogP contribution in [0.2, 0.25) is 0 Å². The van der Waals surface area contributed by atoms with E-state index in [1.54, 1.807) is 0 Å². The van der Waals surface area contributed by atoms with E-state index in [4.69, 9.17) is 4.74 Å². The SMILES string of the molecule is C[C@H]1Oc2c(cccc2[N+](C)(C)C)[C@H]1O. The van der Waals surface area contributed by atoms with E-state index in [0.29, 0.717) is 4.48 Å². The first-order chi connectivity index (χ1) is 6.91. The number of benzene rings is 1. The molecule has 82 valence electrons. The Kier molecular flexibility index (Phi) is 2.24. The average Bonchev–Trinajstić information content (AvgIpc) is 2.41. The summed E-state index contributed by atoms with van der Waals surface area (Å²) in [5, 5.41) is 9.91. The Labute approximate surface area is 90.5 Å². The van der Waals surface area contributed by atoms with Crippen LogP contribution in [0, 0.1) is 0 Å². The van der Waals surface area contributed by atoms with Crippen molar-refractivity contribution in [3.8, 4) is 5.75 Å². The summed E-state index contributed by atoms with van der Waals surface area (Å²) >= 11 is 0. The summed E-state index contributed by atoms with van der Waals surface area (Å²) in [7, 11) is 6.27. The summed E-state index contributed by atoms with van der Waals surface area (Å²) < 4.78 is 6.41. The summed E-state index contributed by atoms with van der Waals surface area (Å²) in [4.78, 5) is 0. The van der Waals surface area contributed by atoms with Gasteiger partial charge in [0.05, 0.1) is 21.1 Å². The number of fused-ring (bicyclic) bond motifs is 1. The minimum absolute atomic E-state index is 0.146. The second-order valence-corrected chi connectivity index (χ2v) is 4.98. The third-order valence-electron chi connectivity index (χ3n) is 2.81. The summed E-state index contributed by atoms with van der Waals surface area (Å²) in [6.45, 7) is 1.89. The summed E-state index contributed by atoms with van der Waals surface area (Å²) in [6.07, 6.45) is -0.640. The number of quaternary nitrogens is 1. The van der Waals surface area contributed by atoms with Gasteiger partial charge in [-0.3, -0.25) is 4.48 Å². The molecule has 1 aromatic carbocycles. The van der Waals surface area contributed by atoms with E-state index < -0.39 is 6.10 Å². The molecule has 0 saturated carbocycles. The lowest BCUT2D eigenvalue weighted by Gasteiger charge is -2.25. The summed E-state index contributed by atoms with van der Waals surface area (Å²) in [5.41, 5.74) is 2.02. The maximum atomic E-state index is 9.91. The highest BCUT2D eigenvalue weighted by atomic mass is 16.5. The van der Waals surface area contributed by atoms with Gasteiger partial charge in [0.1, 0.15) is 12.2 Å². The molecule has 0 aromatic heterocycles. The van der Waals surface area contributed by atoms with Crippen LogP contribution in [-0.4, -0.2) is 32.4 Å². The predicted molar refractivity (Wildman–Crippen MR) is 61.1 cm³/mol. The van der Waals surface area contributed by atoms with Gasteiger partial charge in [-0.05, 0) is 6.92 Å². The Morgan fingerprint density at radius 1 is 1.27 bits per heavy atom. The van der Waals surface area contributed by atoms with Gasteiger partial charge >= 0.3 is 0 Å². The van der Waals surface area contributed by atoms with Crippen molar-refractivity contribution in [2.75, 3.05) is 21.1 Å². The lowest BCUT2D eigenvalue weighted by atomic mass is 10.1. The van der Waals surface area contributed by atoms with E-state index in [-0.39, 0.29) is 6.10 Å². The molecular weight excluding hydrogens is 190 g/mol. The molecule has 2 atom stereocenters. The molecule has 3 nitrogen and oxygen atoms in total. The maximum Gasteiger partial charge on any atom is 0.186 e. The lowest BCUT2D eigenvalue weighted by Crippen LogP contribution is -2.35. The van der Waals surface area contributed by atoms with Crippen molar-refractivity contribution in [2.45, 2.75) is 19.1 Å². The molecule has 0 aliphatic carbocycles. The summed E-state index contributed by atoms with van der Waals surface area (Å²) in [6, 6.07) is 5.95. The lowest BCUT2D eigenvalue weighted by molar-refractivity contribution is 0.0793. The Hall–Kier alpha value is -1.06. The zero-order valence-electron chi connectivity index (χ0n) is 9.69. The van der Waals surface area contributed by atoms with Crippen molar-refractivity contribution in [2.24, 2.45) is 0 Å². The van der Waals surface area contributed by atoms with Crippen LogP contribution in [0.5, 0.6) is 5.75 Å². The number of para-hydroxylation sites is 1. The fourth-order valence-electron chi connectivity index (χ4n) is 1.93. The minimum Gasteiger partial charge on any atom is -0.481 e. The second-order valence-electron chi connectivity index (χ2n) is 4.98. The Bertz CT molecular complexity index is 382. The van der Waals surface area contributed by atoms with Crippen LogP contribution in [0.25, 0.3) is 0 Å². The molecule has 1 aliphatic rings. The molecule has 0 radical (unpaired) electrons. The Morgan fingerprint density at radius 2 is 1.93 bits per heavy atom. The minimum atomic E-state index is -0.494. The molecular formula is C12H18NO2+. The van der Waals surface area contributed by atoms with Gasteiger partial charge < -0.3 is 9.84 Å². The van der Waals surface area contributed by atoms with E-state index in [0.717, 1.165) is 17.0 Å². The van der Waals surface area contributed by atoms with Gasteiger partial charge in [-0.25, -0.2) is 0 Å². The van der Waals surface area contributed by atoms with Crippen LogP contribution < -0.4 is 9.22 Å². The van der Waals surface area contributed by atoms with Crippen molar-refractivity contribution < 1.29 is 9.84 Å². The van der Waals surface area contributed by atoms with Gasteiger partial charge in [-0.1, -0.05) is 12.1 Å². The Morgan fingerprint density at radius 3 is 2.53 bits per heavy atom. The average molecular weight is 208 g/mol. The number of hydrogen-bond acceptors (Lipinski definition) is 2. The van der Waals surface area contributed by atoms with Gasteiger partial charge in [0, 0.05) is 11.6 Å². The van der Waals surface area contributed by atoms with Crippen LogP contribution >= 0.6 is 0 Å². The number of aliphatic hydroxyl groups is 1. The fourth-order valence-corrected chi connectivity index (χ4v) is 1.93. The summed E-state index contributed by atoms with van der Waals surface area (Å²) in [5.74, 6) is 0.852. The van der Waals surface area contributed by atoms with Crippen LogP contribution in [-0.2, 0) is 0 Å². The zero-order chi connectivity index (χ0) is 11.2. The topological polar surface area (TPSA) is 29.5 Å². The van der Waals surface area contributed by atoms with E-state index in [1.807, 2.05) is 25.1 Å². The normalized spacial score (nSPS) is 24.9. The number of aliphatic hydroxyl groups excluding tert-OH is 1. The number of nitrogens with zero attached hydrogens (tertiary/aromatic N) is 1. The monoisotopic (exact) mass is 208 g/mol. The molecule has 1 heterocycles.